The normalized spacial score (nSPS) is 10.5. The van der Waals surface area contributed by atoms with Gasteiger partial charge in [-0.1, -0.05) is 23.8 Å². The fourth-order valence-corrected chi connectivity index (χ4v) is 2.02. The summed E-state index contributed by atoms with van der Waals surface area (Å²) in [6.45, 7) is 1.93. The number of ether oxygens (including phenoxy) is 2. The van der Waals surface area contributed by atoms with Crippen molar-refractivity contribution < 1.29 is 14.3 Å². The summed E-state index contributed by atoms with van der Waals surface area (Å²) in [4.78, 5) is 12.0. The maximum Gasteiger partial charge on any atom is 0.271 e. The molecule has 5 nitrogen and oxygen atoms in total. The van der Waals surface area contributed by atoms with Gasteiger partial charge < -0.3 is 9.47 Å². The van der Waals surface area contributed by atoms with Crippen molar-refractivity contribution in [3.63, 3.8) is 0 Å². The highest BCUT2D eigenvalue weighted by molar-refractivity contribution is 5.95. The van der Waals surface area contributed by atoms with Crippen molar-refractivity contribution in [3.05, 3.63) is 59.2 Å². The van der Waals surface area contributed by atoms with E-state index in [1.54, 1.807) is 32.4 Å². The van der Waals surface area contributed by atoms with Crippen LogP contribution in [0.15, 0.2) is 47.6 Å². The van der Waals surface area contributed by atoms with Gasteiger partial charge in [0.05, 0.1) is 20.4 Å². The molecule has 0 radical (unpaired) electrons. The molecule has 0 aromatic heterocycles. The second kappa shape index (κ2) is 7.26. The van der Waals surface area contributed by atoms with Crippen LogP contribution in [0.2, 0.25) is 0 Å². The highest BCUT2D eigenvalue weighted by Gasteiger charge is 2.08. The summed E-state index contributed by atoms with van der Waals surface area (Å²) in [5, 5.41) is 3.97. The summed E-state index contributed by atoms with van der Waals surface area (Å²) in [6, 6.07) is 12.7. The highest BCUT2D eigenvalue weighted by atomic mass is 16.5. The van der Waals surface area contributed by atoms with E-state index in [9.17, 15) is 4.79 Å². The quantitative estimate of drug-likeness (QED) is 0.682. The van der Waals surface area contributed by atoms with Crippen LogP contribution < -0.4 is 14.9 Å². The van der Waals surface area contributed by atoms with Gasteiger partial charge in [-0.25, -0.2) is 5.43 Å². The molecule has 2 aromatic rings. The molecular formula is C17H18N2O3. The second-order valence-electron chi connectivity index (χ2n) is 4.65. The Morgan fingerprint density at radius 2 is 1.91 bits per heavy atom. The smallest absolute Gasteiger partial charge is 0.271 e. The lowest BCUT2D eigenvalue weighted by Gasteiger charge is -2.09. The molecule has 0 saturated heterocycles. The molecule has 0 bridgehead atoms. The Morgan fingerprint density at radius 3 is 2.59 bits per heavy atom. The number of nitrogens with zero attached hydrogens (tertiary/aromatic N) is 1. The summed E-state index contributed by atoms with van der Waals surface area (Å²) in [7, 11) is 3.12. The molecule has 0 aliphatic heterocycles. The number of benzene rings is 2. The molecule has 0 fully saturated rings. The first-order valence-electron chi connectivity index (χ1n) is 6.76. The van der Waals surface area contributed by atoms with E-state index in [0.29, 0.717) is 22.6 Å². The van der Waals surface area contributed by atoms with Gasteiger partial charge in [0.25, 0.3) is 5.91 Å². The largest absolute Gasteiger partial charge is 0.493 e. The Morgan fingerprint density at radius 1 is 1.14 bits per heavy atom. The van der Waals surface area contributed by atoms with E-state index in [4.69, 9.17) is 9.47 Å². The van der Waals surface area contributed by atoms with Gasteiger partial charge in [-0.2, -0.15) is 5.10 Å². The minimum Gasteiger partial charge on any atom is -0.493 e. The number of rotatable bonds is 5. The van der Waals surface area contributed by atoms with Crippen LogP contribution in [0.4, 0.5) is 0 Å². The lowest BCUT2D eigenvalue weighted by Crippen LogP contribution is -2.17. The molecule has 0 heterocycles. The van der Waals surface area contributed by atoms with Crippen LogP contribution in [0.1, 0.15) is 21.5 Å². The number of methoxy groups -OCH3 is 2. The Labute approximate surface area is 129 Å². The molecule has 1 N–H and O–H groups in total. The summed E-state index contributed by atoms with van der Waals surface area (Å²) in [5.74, 6) is 0.914. The predicted octanol–water partition coefficient (Wildman–Crippen LogP) is 2.78. The SMILES string of the molecule is COc1cccc(/C=N/NC(=O)c2cccc(C)c2)c1OC. The standard InChI is InChI=1S/C17H18N2O3/c1-12-6-4-7-13(10-12)17(20)19-18-11-14-8-5-9-15(21-2)16(14)22-3/h4-11H,1-3H3,(H,19,20)/b18-11+. The van der Waals surface area contributed by atoms with Crippen molar-refractivity contribution in [2.45, 2.75) is 6.92 Å². The Bertz CT molecular complexity index is 696. The van der Waals surface area contributed by atoms with Gasteiger partial charge in [0.1, 0.15) is 0 Å². The summed E-state index contributed by atoms with van der Waals surface area (Å²) in [5.41, 5.74) is 4.80. The monoisotopic (exact) mass is 298 g/mol. The van der Waals surface area contributed by atoms with E-state index in [2.05, 4.69) is 10.5 Å². The number of carbonyl (C=O) groups excluding carboxylic acids is 1. The minimum atomic E-state index is -0.262. The zero-order chi connectivity index (χ0) is 15.9. The van der Waals surface area contributed by atoms with Crippen molar-refractivity contribution in [1.29, 1.82) is 0 Å². The molecule has 1 amide bonds. The number of aryl methyl sites for hydroxylation is 1. The summed E-state index contributed by atoms with van der Waals surface area (Å²) in [6.07, 6.45) is 1.52. The predicted molar refractivity (Wildman–Crippen MR) is 85.8 cm³/mol. The highest BCUT2D eigenvalue weighted by Crippen LogP contribution is 2.29. The molecular weight excluding hydrogens is 280 g/mol. The van der Waals surface area contributed by atoms with E-state index in [0.717, 1.165) is 5.56 Å². The van der Waals surface area contributed by atoms with E-state index in [-0.39, 0.29) is 5.91 Å². The average Bonchev–Trinajstić information content (AvgIpc) is 2.54. The molecule has 22 heavy (non-hydrogen) atoms. The van der Waals surface area contributed by atoms with E-state index < -0.39 is 0 Å². The van der Waals surface area contributed by atoms with Crippen molar-refractivity contribution in [1.82, 2.24) is 5.43 Å². The van der Waals surface area contributed by atoms with Gasteiger partial charge in [0.2, 0.25) is 0 Å². The zero-order valence-electron chi connectivity index (χ0n) is 12.8. The Balaban J connectivity index is 2.11. The number of carbonyl (C=O) groups is 1. The second-order valence-corrected chi connectivity index (χ2v) is 4.65. The molecule has 2 aromatic carbocycles. The third-order valence-corrected chi connectivity index (χ3v) is 3.08. The maximum atomic E-state index is 12.0. The Kier molecular flexibility index (Phi) is 5.14. The van der Waals surface area contributed by atoms with Crippen LogP contribution in [0.25, 0.3) is 0 Å². The van der Waals surface area contributed by atoms with Crippen molar-refractivity contribution in [2.75, 3.05) is 14.2 Å². The fraction of sp³-hybridized carbons (Fsp3) is 0.176. The van der Waals surface area contributed by atoms with Crippen LogP contribution in [0.5, 0.6) is 11.5 Å². The lowest BCUT2D eigenvalue weighted by atomic mass is 10.1. The molecule has 0 aliphatic rings. The molecule has 5 heteroatoms. The lowest BCUT2D eigenvalue weighted by molar-refractivity contribution is 0.0955. The third kappa shape index (κ3) is 3.63. The zero-order valence-corrected chi connectivity index (χ0v) is 12.8. The van der Waals surface area contributed by atoms with Crippen LogP contribution in [-0.4, -0.2) is 26.3 Å². The molecule has 0 saturated carbocycles. The van der Waals surface area contributed by atoms with Crippen molar-refractivity contribution in [3.8, 4) is 11.5 Å². The van der Waals surface area contributed by atoms with E-state index in [1.165, 1.54) is 6.21 Å². The van der Waals surface area contributed by atoms with Crippen LogP contribution >= 0.6 is 0 Å². The topological polar surface area (TPSA) is 59.9 Å². The first-order chi connectivity index (χ1) is 10.7. The summed E-state index contributed by atoms with van der Waals surface area (Å²) < 4.78 is 10.5. The van der Waals surface area contributed by atoms with E-state index >= 15 is 0 Å². The Hall–Kier alpha value is -2.82. The van der Waals surface area contributed by atoms with Crippen LogP contribution in [0.3, 0.4) is 0 Å². The number of para-hydroxylation sites is 1. The van der Waals surface area contributed by atoms with Gasteiger partial charge in [-0.15, -0.1) is 0 Å². The fourth-order valence-electron chi connectivity index (χ4n) is 2.02. The van der Waals surface area contributed by atoms with Gasteiger partial charge in [0, 0.05) is 11.1 Å². The number of hydrogen-bond acceptors (Lipinski definition) is 4. The third-order valence-electron chi connectivity index (χ3n) is 3.08. The summed E-state index contributed by atoms with van der Waals surface area (Å²) >= 11 is 0. The number of amides is 1. The van der Waals surface area contributed by atoms with Crippen LogP contribution in [-0.2, 0) is 0 Å². The number of hydrazone groups is 1. The van der Waals surface area contributed by atoms with Gasteiger partial charge in [0.15, 0.2) is 11.5 Å². The molecule has 0 aliphatic carbocycles. The van der Waals surface area contributed by atoms with Gasteiger partial charge >= 0.3 is 0 Å². The van der Waals surface area contributed by atoms with Crippen molar-refractivity contribution in [2.24, 2.45) is 5.10 Å². The number of nitrogens with one attached hydrogen (secondary N) is 1. The number of hydrogen-bond donors (Lipinski definition) is 1. The van der Waals surface area contributed by atoms with Gasteiger partial charge in [-0.05, 0) is 31.2 Å². The minimum absolute atomic E-state index is 0.262. The van der Waals surface area contributed by atoms with E-state index in [1.807, 2.05) is 31.2 Å². The first-order valence-corrected chi connectivity index (χ1v) is 6.76. The first kappa shape index (κ1) is 15.6. The van der Waals surface area contributed by atoms with Gasteiger partial charge in [-0.3, -0.25) is 4.79 Å². The molecule has 0 atom stereocenters. The molecule has 0 unspecified atom stereocenters. The molecule has 2 rings (SSSR count). The van der Waals surface area contributed by atoms with Crippen molar-refractivity contribution >= 4 is 12.1 Å². The average molecular weight is 298 g/mol. The molecule has 114 valence electrons. The maximum absolute atomic E-state index is 12.0. The van der Waals surface area contributed by atoms with Crippen LogP contribution in [0, 0.1) is 6.92 Å². The molecule has 0 spiro atoms.